The Morgan fingerprint density at radius 1 is 0.179 bits per heavy atom. The Bertz CT molecular complexity index is 3700. The van der Waals surface area contributed by atoms with Gasteiger partial charge in [-0.3, -0.25) is 0 Å². The van der Waals surface area contributed by atoms with Gasteiger partial charge in [0.15, 0.2) is 0 Å². The van der Waals surface area contributed by atoms with E-state index < -0.39 is 0 Å². The molecule has 56 heavy (non-hydrogen) atoms. The molecule has 0 nitrogen and oxygen atoms in total. The lowest BCUT2D eigenvalue weighted by Crippen LogP contribution is -1.96. The van der Waals surface area contributed by atoms with E-state index in [0.29, 0.717) is 0 Å². The van der Waals surface area contributed by atoms with Gasteiger partial charge in [0.1, 0.15) is 0 Å². The highest BCUT2D eigenvalue weighted by atomic mass is 14.3. The second-order valence-electron chi connectivity index (χ2n) is 15.5. The Labute approximate surface area is 323 Å². The molecule has 0 amide bonds. The molecule has 0 saturated carbocycles. The minimum absolute atomic E-state index is 1.25. The summed E-state index contributed by atoms with van der Waals surface area (Å²) in [6.07, 6.45) is 0. The van der Waals surface area contributed by atoms with Crippen LogP contribution < -0.4 is 0 Å². The molecule has 13 rings (SSSR count). The van der Waals surface area contributed by atoms with E-state index in [4.69, 9.17) is 0 Å². The third kappa shape index (κ3) is 3.98. The van der Waals surface area contributed by atoms with Crippen LogP contribution in [-0.2, 0) is 0 Å². The van der Waals surface area contributed by atoms with Crippen LogP contribution in [-0.4, -0.2) is 0 Å². The molecule has 0 atom stereocenters. The molecule has 12 aromatic carbocycles. The van der Waals surface area contributed by atoms with Gasteiger partial charge in [-0.1, -0.05) is 164 Å². The van der Waals surface area contributed by atoms with E-state index in [9.17, 15) is 0 Å². The molecule has 1 aliphatic carbocycles. The zero-order valence-corrected chi connectivity index (χ0v) is 30.5. The fourth-order valence-electron chi connectivity index (χ4n) is 10.4. The SMILES string of the molecule is c1ccc2cc3c(-c4cc5ccccc5c5ccccc45)c4c(c(-c5cc6ccccc6c6ccccc56)c3cc2c1)-c1cccc2c1c-4cc1ccccc12. The molecule has 256 valence electrons. The average Bonchev–Trinajstić information content (AvgIpc) is 3.58. The van der Waals surface area contributed by atoms with Crippen molar-refractivity contribution in [3.63, 3.8) is 0 Å². The lowest BCUT2D eigenvalue weighted by molar-refractivity contribution is 1.68. The van der Waals surface area contributed by atoms with E-state index in [0.717, 1.165) is 0 Å². The standard InChI is InChI=1S/C56H32/c1-2-15-34-29-50-49(28-33(34)14-1)53(47-30-35-16-3-6-19-38(35)41-22-9-11-24-43(41)47)55-46-27-13-26-45-40-21-8-5-18-37(40)32-51(52(45)46)56(55)54(50)48-31-36-17-4-7-20-39(36)42-23-10-12-25-44(42)48/h1-32H. The van der Waals surface area contributed by atoms with E-state index in [-0.39, 0.29) is 0 Å². The Kier molecular flexibility index (Phi) is 5.98. The van der Waals surface area contributed by atoms with Crippen molar-refractivity contribution in [2.75, 3.05) is 0 Å². The third-order valence-corrected chi connectivity index (χ3v) is 12.7. The lowest BCUT2D eigenvalue weighted by Gasteiger charge is -2.23. The van der Waals surface area contributed by atoms with Crippen molar-refractivity contribution in [3.05, 3.63) is 194 Å². The van der Waals surface area contributed by atoms with Gasteiger partial charge in [-0.25, -0.2) is 0 Å². The van der Waals surface area contributed by atoms with Gasteiger partial charge in [-0.15, -0.1) is 0 Å². The fraction of sp³-hybridized carbons (Fsp3) is 0. The molecular formula is C56H32. The smallest absolute Gasteiger partial charge is 0.000696 e. The van der Waals surface area contributed by atoms with Gasteiger partial charge in [-0.05, 0) is 161 Å². The first-order valence-electron chi connectivity index (χ1n) is 19.6. The molecule has 1 aliphatic rings. The van der Waals surface area contributed by atoms with E-state index in [1.54, 1.807) is 0 Å². The largest absolute Gasteiger partial charge is 0.0616 e. The summed E-state index contributed by atoms with van der Waals surface area (Å²) in [6.45, 7) is 0. The summed E-state index contributed by atoms with van der Waals surface area (Å²) in [6, 6.07) is 73.0. The molecule has 0 aromatic heterocycles. The maximum Gasteiger partial charge on any atom is -0.000696 e. The van der Waals surface area contributed by atoms with E-state index >= 15 is 0 Å². The van der Waals surface area contributed by atoms with Crippen LogP contribution in [0.4, 0.5) is 0 Å². The molecule has 0 spiro atoms. The maximum atomic E-state index is 2.48. The second kappa shape index (κ2) is 11.1. The van der Waals surface area contributed by atoms with Crippen LogP contribution in [0.15, 0.2) is 194 Å². The molecule has 12 aromatic rings. The quantitative estimate of drug-likeness (QED) is 0.124. The number of rotatable bonds is 2. The van der Waals surface area contributed by atoms with Crippen molar-refractivity contribution >= 4 is 86.2 Å². The van der Waals surface area contributed by atoms with Gasteiger partial charge in [0.25, 0.3) is 0 Å². The van der Waals surface area contributed by atoms with Gasteiger partial charge in [0, 0.05) is 0 Å². The van der Waals surface area contributed by atoms with Crippen molar-refractivity contribution in [2.45, 2.75) is 0 Å². The highest BCUT2D eigenvalue weighted by Crippen LogP contribution is 2.60. The van der Waals surface area contributed by atoms with Gasteiger partial charge in [-0.2, -0.15) is 0 Å². The van der Waals surface area contributed by atoms with Gasteiger partial charge in [0.05, 0.1) is 0 Å². The van der Waals surface area contributed by atoms with Crippen molar-refractivity contribution in [1.82, 2.24) is 0 Å². The van der Waals surface area contributed by atoms with Gasteiger partial charge >= 0.3 is 0 Å². The first-order chi connectivity index (χ1) is 27.8. The summed E-state index contributed by atoms with van der Waals surface area (Å²) in [4.78, 5) is 0. The molecule has 0 unspecified atom stereocenters. The first kappa shape index (κ1) is 30.1. The monoisotopic (exact) mass is 704 g/mol. The Morgan fingerprint density at radius 3 is 1.04 bits per heavy atom. The van der Waals surface area contributed by atoms with Crippen LogP contribution in [0.2, 0.25) is 0 Å². The first-order valence-corrected chi connectivity index (χ1v) is 19.6. The van der Waals surface area contributed by atoms with Gasteiger partial charge < -0.3 is 0 Å². The summed E-state index contributed by atoms with van der Waals surface area (Å²) < 4.78 is 0. The predicted octanol–water partition coefficient (Wildman–Crippen LogP) is 15.9. The molecule has 0 bridgehead atoms. The van der Waals surface area contributed by atoms with E-state index in [2.05, 4.69) is 194 Å². The average molecular weight is 705 g/mol. The van der Waals surface area contributed by atoms with Crippen LogP contribution in [0.5, 0.6) is 0 Å². The highest BCUT2D eigenvalue weighted by molar-refractivity contribution is 6.34. The van der Waals surface area contributed by atoms with Gasteiger partial charge in [0.2, 0.25) is 0 Å². The van der Waals surface area contributed by atoms with Crippen LogP contribution in [0.25, 0.3) is 131 Å². The number of benzene rings is 12. The summed E-state index contributed by atoms with van der Waals surface area (Å²) in [7, 11) is 0. The van der Waals surface area contributed by atoms with Crippen molar-refractivity contribution < 1.29 is 0 Å². The molecule has 0 heterocycles. The van der Waals surface area contributed by atoms with Crippen molar-refractivity contribution in [3.8, 4) is 44.5 Å². The zero-order valence-electron chi connectivity index (χ0n) is 30.5. The summed E-state index contributed by atoms with van der Waals surface area (Å²) in [5.74, 6) is 0. The number of hydrogen-bond donors (Lipinski definition) is 0. The van der Waals surface area contributed by atoms with Crippen LogP contribution in [0.1, 0.15) is 0 Å². The predicted molar refractivity (Wildman–Crippen MR) is 242 cm³/mol. The lowest BCUT2D eigenvalue weighted by atomic mass is 9.79. The molecule has 0 fully saturated rings. The Hall–Kier alpha value is -7.28. The normalized spacial score (nSPS) is 12.3. The minimum atomic E-state index is 1.25. The molecule has 0 radical (unpaired) electrons. The van der Waals surface area contributed by atoms with E-state index in [1.165, 1.54) is 131 Å². The summed E-state index contributed by atoms with van der Waals surface area (Å²) in [5, 5.41) is 20.5. The van der Waals surface area contributed by atoms with E-state index in [1.807, 2.05) is 0 Å². The van der Waals surface area contributed by atoms with Crippen LogP contribution in [0, 0.1) is 0 Å². The third-order valence-electron chi connectivity index (χ3n) is 12.7. The van der Waals surface area contributed by atoms with Crippen molar-refractivity contribution in [2.24, 2.45) is 0 Å². The van der Waals surface area contributed by atoms with Crippen LogP contribution in [0.3, 0.4) is 0 Å². The number of fused-ring (bicyclic) bond motifs is 13. The van der Waals surface area contributed by atoms with Crippen LogP contribution >= 0.6 is 0 Å². The van der Waals surface area contributed by atoms with Crippen molar-refractivity contribution in [1.29, 1.82) is 0 Å². The summed E-state index contributed by atoms with van der Waals surface area (Å²) >= 11 is 0. The minimum Gasteiger partial charge on any atom is -0.0616 e. The highest BCUT2D eigenvalue weighted by Gasteiger charge is 2.33. The molecule has 0 N–H and O–H groups in total. The second-order valence-corrected chi connectivity index (χ2v) is 15.5. The maximum absolute atomic E-state index is 2.48. The Morgan fingerprint density at radius 2 is 0.536 bits per heavy atom. The topological polar surface area (TPSA) is 0 Å². The summed E-state index contributed by atoms with van der Waals surface area (Å²) in [5.41, 5.74) is 10.5. The molecular weight excluding hydrogens is 673 g/mol. The molecule has 0 heteroatoms. The Balaban J connectivity index is 1.34. The molecule has 0 saturated heterocycles. The molecule has 0 aliphatic heterocycles. The zero-order chi connectivity index (χ0) is 36.5. The fourth-order valence-corrected chi connectivity index (χ4v) is 10.4. The number of hydrogen-bond acceptors (Lipinski definition) is 0.